The largest absolute Gasteiger partial charge is 0.465 e. The van der Waals surface area contributed by atoms with Crippen LogP contribution in [0, 0.1) is 5.92 Å². The number of carbonyl (C=O) groups excluding carboxylic acids is 3. The molecule has 9 nitrogen and oxygen atoms in total. The molecule has 1 aromatic rings. The van der Waals surface area contributed by atoms with Crippen molar-refractivity contribution in [1.29, 1.82) is 0 Å². The third kappa shape index (κ3) is 5.24. The maximum Gasteiger partial charge on any atom is 0.408 e. The third-order valence-electron chi connectivity index (χ3n) is 5.51. The molecule has 1 unspecified atom stereocenters. The average Bonchev–Trinajstić information content (AvgIpc) is 3.06. The van der Waals surface area contributed by atoms with Gasteiger partial charge < -0.3 is 30.2 Å². The Labute approximate surface area is 168 Å². The van der Waals surface area contributed by atoms with Gasteiger partial charge in [-0.05, 0) is 31.2 Å². The van der Waals surface area contributed by atoms with Crippen LogP contribution in [-0.4, -0.2) is 59.1 Å². The molecular weight excluding hydrogens is 378 g/mol. The molecule has 3 rings (SSSR count). The lowest BCUT2D eigenvalue weighted by Gasteiger charge is -2.38. The molecule has 4 atom stereocenters. The summed E-state index contributed by atoms with van der Waals surface area (Å²) in [5, 5.41) is 13.9. The van der Waals surface area contributed by atoms with Crippen LogP contribution in [-0.2, 0) is 20.9 Å². The SMILES string of the molecule is O=CC1C[C@H](NC(=O)O)CC[C@@H]1N1CC[C@H](NC(=O)OCc2ccccc2)C1=O. The molecule has 0 radical (unpaired) electrons. The fourth-order valence-electron chi connectivity index (χ4n) is 4.10. The zero-order valence-corrected chi connectivity index (χ0v) is 16.0. The summed E-state index contributed by atoms with van der Waals surface area (Å²) >= 11 is 0. The number of nitrogens with zero attached hydrogens (tertiary/aromatic N) is 1. The number of likely N-dealkylation sites (tertiary alicyclic amines) is 1. The van der Waals surface area contributed by atoms with E-state index >= 15 is 0 Å². The molecular formula is C20H25N3O6. The molecule has 2 aliphatic rings. The zero-order chi connectivity index (χ0) is 20.8. The van der Waals surface area contributed by atoms with E-state index < -0.39 is 24.1 Å². The maximum atomic E-state index is 12.8. The Morgan fingerprint density at radius 3 is 2.62 bits per heavy atom. The van der Waals surface area contributed by atoms with Crippen LogP contribution in [0.4, 0.5) is 9.59 Å². The van der Waals surface area contributed by atoms with E-state index in [0.29, 0.717) is 32.2 Å². The number of hydrogen-bond donors (Lipinski definition) is 3. The summed E-state index contributed by atoms with van der Waals surface area (Å²) in [6.45, 7) is 0.555. The van der Waals surface area contributed by atoms with Gasteiger partial charge in [0.25, 0.3) is 0 Å². The Balaban J connectivity index is 1.51. The topological polar surface area (TPSA) is 125 Å². The molecule has 156 valence electrons. The van der Waals surface area contributed by atoms with Gasteiger partial charge in [0.15, 0.2) is 0 Å². The van der Waals surface area contributed by atoms with Crippen LogP contribution in [0.15, 0.2) is 30.3 Å². The monoisotopic (exact) mass is 403 g/mol. The number of ether oxygens (including phenoxy) is 1. The Morgan fingerprint density at radius 2 is 1.93 bits per heavy atom. The first kappa shape index (κ1) is 20.6. The van der Waals surface area contributed by atoms with Crippen LogP contribution in [0.2, 0.25) is 0 Å². The van der Waals surface area contributed by atoms with E-state index in [1.807, 2.05) is 30.3 Å². The molecule has 1 saturated heterocycles. The summed E-state index contributed by atoms with van der Waals surface area (Å²) in [6, 6.07) is 7.99. The van der Waals surface area contributed by atoms with E-state index in [9.17, 15) is 19.2 Å². The molecule has 29 heavy (non-hydrogen) atoms. The lowest BCUT2D eigenvalue weighted by Crippen LogP contribution is -2.51. The first-order valence-corrected chi connectivity index (χ1v) is 9.70. The summed E-state index contributed by atoms with van der Waals surface area (Å²) in [7, 11) is 0. The standard InChI is InChI=1S/C20H25N3O6/c24-11-14-10-15(21-19(26)27)6-7-17(14)23-9-8-16(18(23)25)22-20(28)29-12-13-4-2-1-3-5-13/h1-5,11,14-17,21H,6-10,12H2,(H,22,28)(H,26,27)/t14?,15-,16+,17+/m1/s1. The molecule has 0 aromatic heterocycles. The van der Waals surface area contributed by atoms with Gasteiger partial charge in [0, 0.05) is 24.5 Å². The van der Waals surface area contributed by atoms with E-state index in [4.69, 9.17) is 9.84 Å². The second-order valence-electron chi connectivity index (χ2n) is 7.41. The van der Waals surface area contributed by atoms with E-state index in [2.05, 4.69) is 10.6 Å². The zero-order valence-electron chi connectivity index (χ0n) is 16.0. The van der Waals surface area contributed by atoms with Crippen LogP contribution in [0.25, 0.3) is 0 Å². The number of rotatable bonds is 6. The Hall–Kier alpha value is -3.10. The lowest BCUT2D eigenvalue weighted by atomic mass is 9.81. The van der Waals surface area contributed by atoms with Crippen LogP contribution in [0.3, 0.4) is 0 Å². The minimum absolute atomic E-state index is 0.116. The number of aldehydes is 1. The van der Waals surface area contributed by atoms with Crippen molar-refractivity contribution >= 4 is 24.4 Å². The first-order chi connectivity index (χ1) is 14.0. The molecule has 1 aliphatic heterocycles. The predicted octanol–water partition coefficient (Wildman–Crippen LogP) is 1.52. The second kappa shape index (κ2) is 9.40. The van der Waals surface area contributed by atoms with Crippen molar-refractivity contribution in [3.63, 3.8) is 0 Å². The van der Waals surface area contributed by atoms with Crippen LogP contribution < -0.4 is 10.6 Å². The number of benzene rings is 1. The molecule has 1 saturated carbocycles. The fraction of sp³-hybridized carbons (Fsp3) is 0.500. The molecule has 0 bridgehead atoms. The van der Waals surface area contributed by atoms with Crippen molar-refractivity contribution in [2.45, 2.75) is 50.4 Å². The van der Waals surface area contributed by atoms with Gasteiger partial charge in [0.2, 0.25) is 5.91 Å². The highest BCUT2D eigenvalue weighted by atomic mass is 16.5. The lowest BCUT2D eigenvalue weighted by molar-refractivity contribution is -0.134. The van der Waals surface area contributed by atoms with E-state index in [0.717, 1.165) is 11.8 Å². The van der Waals surface area contributed by atoms with Gasteiger partial charge >= 0.3 is 12.2 Å². The summed E-state index contributed by atoms with van der Waals surface area (Å²) in [6.07, 6.45) is 0.916. The van der Waals surface area contributed by atoms with Crippen LogP contribution in [0.5, 0.6) is 0 Å². The molecule has 1 heterocycles. The third-order valence-corrected chi connectivity index (χ3v) is 5.51. The highest BCUT2D eigenvalue weighted by Crippen LogP contribution is 2.30. The summed E-state index contributed by atoms with van der Waals surface area (Å²) in [5.74, 6) is -0.670. The molecule has 3 amide bonds. The molecule has 1 aliphatic carbocycles. The number of amides is 3. The predicted molar refractivity (Wildman–Crippen MR) is 102 cm³/mol. The van der Waals surface area contributed by atoms with Crippen molar-refractivity contribution in [2.75, 3.05) is 6.54 Å². The summed E-state index contributed by atoms with van der Waals surface area (Å²) < 4.78 is 5.17. The second-order valence-corrected chi connectivity index (χ2v) is 7.41. The summed E-state index contributed by atoms with van der Waals surface area (Å²) in [5.41, 5.74) is 0.850. The van der Waals surface area contributed by atoms with Gasteiger partial charge in [-0.25, -0.2) is 9.59 Å². The number of hydrogen-bond acceptors (Lipinski definition) is 5. The van der Waals surface area contributed by atoms with Gasteiger partial charge in [-0.2, -0.15) is 0 Å². The highest BCUT2D eigenvalue weighted by Gasteiger charge is 2.42. The van der Waals surface area contributed by atoms with Crippen LogP contribution in [0.1, 0.15) is 31.2 Å². The molecule has 9 heteroatoms. The Morgan fingerprint density at radius 1 is 1.17 bits per heavy atom. The Bertz CT molecular complexity index is 756. The molecule has 1 aromatic carbocycles. The van der Waals surface area contributed by atoms with Crippen molar-refractivity contribution in [3.8, 4) is 0 Å². The number of nitrogens with one attached hydrogen (secondary N) is 2. The van der Waals surface area contributed by atoms with Gasteiger partial charge in [0.1, 0.15) is 18.9 Å². The van der Waals surface area contributed by atoms with E-state index in [1.54, 1.807) is 4.90 Å². The number of carboxylic acid groups (broad SMARTS) is 1. The normalized spacial score (nSPS) is 26.6. The minimum Gasteiger partial charge on any atom is -0.465 e. The minimum atomic E-state index is -1.12. The molecule has 3 N–H and O–H groups in total. The number of alkyl carbamates (subject to hydrolysis) is 1. The van der Waals surface area contributed by atoms with Crippen molar-refractivity contribution in [2.24, 2.45) is 5.92 Å². The van der Waals surface area contributed by atoms with Crippen molar-refractivity contribution in [3.05, 3.63) is 35.9 Å². The molecule has 0 spiro atoms. The van der Waals surface area contributed by atoms with Gasteiger partial charge in [-0.3, -0.25) is 4.79 Å². The summed E-state index contributed by atoms with van der Waals surface area (Å²) in [4.78, 5) is 48.8. The maximum absolute atomic E-state index is 12.8. The van der Waals surface area contributed by atoms with Crippen LogP contribution >= 0.6 is 0 Å². The average molecular weight is 403 g/mol. The van der Waals surface area contributed by atoms with E-state index in [-0.39, 0.29) is 24.6 Å². The van der Waals surface area contributed by atoms with Crippen molar-refractivity contribution in [1.82, 2.24) is 15.5 Å². The van der Waals surface area contributed by atoms with Gasteiger partial charge in [0.05, 0.1) is 0 Å². The smallest absolute Gasteiger partial charge is 0.408 e. The Kier molecular flexibility index (Phi) is 6.69. The first-order valence-electron chi connectivity index (χ1n) is 9.70. The van der Waals surface area contributed by atoms with Gasteiger partial charge in [-0.15, -0.1) is 0 Å². The van der Waals surface area contributed by atoms with Crippen molar-refractivity contribution < 1.29 is 29.0 Å². The molecule has 2 fully saturated rings. The van der Waals surface area contributed by atoms with Gasteiger partial charge in [-0.1, -0.05) is 30.3 Å². The quantitative estimate of drug-likeness (QED) is 0.619. The highest BCUT2D eigenvalue weighted by molar-refractivity contribution is 5.88. The fourth-order valence-corrected chi connectivity index (χ4v) is 4.10. The number of carbonyl (C=O) groups is 4. The van der Waals surface area contributed by atoms with E-state index in [1.165, 1.54) is 0 Å².